The molecule has 0 saturated carbocycles. The number of rotatable bonds is 9. The molecule has 0 amide bonds. The summed E-state index contributed by atoms with van der Waals surface area (Å²) in [6, 6.07) is 15.9. The molecule has 2 heterocycles. The first-order valence-corrected chi connectivity index (χ1v) is 14.7. The average molecular weight is 569 g/mol. The largest absolute Gasteiger partial charge is 0.461 e. The summed E-state index contributed by atoms with van der Waals surface area (Å²) in [7, 11) is -1.79. The summed E-state index contributed by atoms with van der Waals surface area (Å²) in [5, 5.41) is 11.8. The van der Waals surface area contributed by atoms with Crippen molar-refractivity contribution in [1.29, 1.82) is 0 Å². The number of nitrogens with zero attached hydrogens (tertiary/aromatic N) is 3. The Bertz CT molecular complexity index is 1380. The zero-order valence-corrected chi connectivity index (χ0v) is 24.3. The number of non-ortho nitro benzene ring substituents is 1. The first-order valence-electron chi connectivity index (χ1n) is 13.1. The fourth-order valence-electron chi connectivity index (χ4n) is 5.00. The lowest BCUT2D eigenvalue weighted by Gasteiger charge is -2.31. The summed E-state index contributed by atoms with van der Waals surface area (Å²) in [6.45, 7) is 8.34. The number of hydrogen-bond donors (Lipinski definition) is 1. The number of likely N-dealkylation sites (N-methyl/N-ethyl adjacent to an activating group) is 1. The van der Waals surface area contributed by atoms with Crippen molar-refractivity contribution in [3.05, 3.63) is 87.2 Å². The quantitative estimate of drug-likeness (QED) is 0.161. The number of ether oxygens (including phenoxy) is 1. The standard InChI is InChI=1S/C29H35N3O7P/c1-19-16-20(2)39-40(36,38-19)28-22(4)30-21(3)26(27(28)24-12-9-13-25(17-24)32(34)35)29(33)37-15-14-31(5)18-23-10-7-6-8-11-23/h6-13,17,19-20,36H,14-16,18H2,1-5H3/q+1/t19-,20-/m1/s1. The molecule has 3 aromatic rings. The molecule has 4 rings (SSSR count). The molecule has 0 spiro atoms. The van der Waals surface area contributed by atoms with Gasteiger partial charge in [0.05, 0.1) is 27.4 Å². The molecule has 0 radical (unpaired) electrons. The minimum atomic E-state index is -3.72. The molecule has 0 unspecified atom stereocenters. The molecule has 1 saturated heterocycles. The lowest BCUT2D eigenvalue weighted by Crippen LogP contribution is -2.35. The molecule has 10 nitrogen and oxygen atoms in total. The first-order chi connectivity index (χ1) is 19.0. The van der Waals surface area contributed by atoms with E-state index in [9.17, 15) is 19.8 Å². The van der Waals surface area contributed by atoms with E-state index in [1.807, 2.05) is 56.1 Å². The van der Waals surface area contributed by atoms with E-state index >= 15 is 0 Å². The van der Waals surface area contributed by atoms with Crippen molar-refractivity contribution in [3.8, 4) is 11.1 Å². The van der Waals surface area contributed by atoms with Crippen LogP contribution in [0.15, 0.2) is 54.6 Å². The van der Waals surface area contributed by atoms with Crippen LogP contribution in [0.1, 0.15) is 47.6 Å². The molecule has 1 fully saturated rings. The highest BCUT2D eigenvalue weighted by molar-refractivity contribution is 7.69. The molecule has 0 aliphatic carbocycles. The fraction of sp³-hybridized carbons (Fsp3) is 0.379. The van der Waals surface area contributed by atoms with E-state index in [2.05, 4.69) is 4.98 Å². The van der Waals surface area contributed by atoms with Gasteiger partial charge in [-0.1, -0.05) is 42.5 Å². The van der Waals surface area contributed by atoms with Crippen LogP contribution in [0.25, 0.3) is 11.1 Å². The van der Waals surface area contributed by atoms with E-state index < -0.39 is 18.8 Å². The van der Waals surface area contributed by atoms with Gasteiger partial charge in [-0.25, -0.2) is 4.79 Å². The zero-order chi connectivity index (χ0) is 29.0. The molecule has 0 bridgehead atoms. The number of hydrogen-bond acceptors (Lipinski definition) is 9. The second-order valence-corrected chi connectivity index (χ2v) is 12.0. The van der Waals surface area contributed by atoms with Crippen molar-refractivity contribution < 1.29 is 28.4 Å². The van der Waals surface area contributed by atoms with Crippen LogP contribution in [0, 0.1) is 24.0 Å². The number of nitro benzene ring substituents is 1. The highest BCUT2D eigenvalue weighted by atomic mass is 31.2. The van der Waals surface area contributed by atoms with Crippen LogP contribution in [0.5, 0.6) is 0 Å². The maximum absolute atomic E-state index is 13.6. The Kier molecular flexibility index (Phi) is 9.28. The van der Waals surface area contributed by atoms with Crippen molar-refractivity contribution >= 4 is 24.9 Å². The molecule has 212 valence electrons. The highest BCUT2D eigenvalue weighted by Crippen LogP contribution is 2.63. The van der Waals surface area contributed by atoms with E-state index in [-0.39, 0.29) is 40.9 Å². The molecule has 1 aromatic heterocycles. The Morgan fingerprint density at radius 3 is 2.45 bits per heavy atom. The molecule has 11 heteroatoms. The number of nitro groups is 1. The van der Waals surface area contributed by atoms with E-state index in [1.54, 1.807) is 19.9 Å². The molecule has 1 aliphatic heterocycles. The smallest absolute Gasteiger partial charge is 0.449 e. The van der Waals surface area contributed by atoms with Gasteiger partial charge >= 0.3 is 13.9 Å². The molecular weight excluding hydrogens is 533 g/mol. The second-order valence-electron chi connectivity index (χ2n) is 10.1. The predicted octanol–water partition coefficient (Wildman–Crippen LogP) is 5.16. The maximum Gasteiger partial charge on any atom is 0.449 e. The number of esters is 1. The Morgan fingerprint density at radius 1 is 1.12 bits per heavy atom. The van der Waals surface area contributed by atoms with Crippen LogP contribution in [-0.4, -0.2) is 58.1 Å². The van der Waals surface area contributed by atoms with E-state index in [0.29, 0.717) is 36.5 Å². The van der Waals surface area contributed by atoms with Crippen molar-refractivity contribution in [2.45, 2.75) is 52.9 Å². The van der Waals surface area contributed by atoms with Crippen LogP contribution in [0.2, 0.25) is 0 Å². The zero-order valence-electron chi connectivity index (χ0n) is 23.4. The minimum Gasteiger partial charge on any atom is -0.461 e. The topological polar surface area (TPSA) is 124 Å². The van der Waals surface area contributed by atoms with E-state index in [0.717, 1.165) is 5.56 Å². The average Bonchev–Trinajstić information content (AvgIpc) is 2.87. The van der Waals surface area contributed by atoms with Gasteiger partial charge in [0.2, 0.25) is 5.30 Å². The number of aryl methyl sites for hydroxylation is 2. The van der Waals surface area contributed by atoms with Gasteiger partial charge in [-0.15, -0.1) is 0 Å². The lowest BCUT2D eigenvalue weighted by molar-refractivity contribution is -0.384. The van der Waals surface area contributed by atoms with Gasteiger partial charge in [-0.05, 0) is 45.9 Å². The van der Waals surface area contributed by atoms with Crippen molar-refractivity contribution in [2.24, 2.45) is 0 Å². The van der Waals surface area contributed by atoms with Crippen molar-refractivity contribution in [2.75, 3.05) is 20.2 Å². The first kappa shape index (κ1) is 29.7. The summed E-state index contributed by atoms with van der Waals surface area (Å²) in [4.78, 5) is 43.2. The van der Waals surface area contributed by atoms with Gasteiger partial charge in [0.15, 0.2) is 0 Å². The summed E-state index contributed by atoms with van der Waals surface area (Å²) in [5.74, 6) is -0.648. The van der Waals surface area contributed by atoms with E-state index in [4.69, 9.17) is 13.8 Å². The SMILES string of the molecule is Cc1nc(C)c([P+]2(O)O[C@H](C)C[C@@H](C)O2)c(-c2cccc([N+](=O)[O-])c2)c1C(=O)OCCN(C)Cc1ccccc1. The highest BCUT2D eigenvalue weighted by Gasteiger charge is 2.55. The molecule has 1 aliphatic rings. The Morgan fingerprint density at radius 2 is 1.80 bits per heavy atom. The number of pyridine rings is 1. The molecule has 40 heavy (non-hydrogen) atoms. The van der Waals surface area contributed by atoms with Gasteiger partial charge in [-0.3, -0.25) is 20.0 Å². The van der Waals surface area contributed by atoms with Crippen LogP contribution in [0.4, 0.5) is 5.69 Å². The lowest BCUT2D eigenvalue weighted by atomic mass is 9.97. The summed E-state index contributed by atoms with van der Waals surface area (Å²) < 4.78 is 17.7. The molecule has 1 N–H and O–H groups in total. The maximum atomic E-state index is 13.6. The van der Waals surface area contributed by atoms with Crippen LogP contribution < -0.4 is 5.30 Å². The molecule has 2 atom stereocenters. The summed E-state index contributed by atoms with van der Waals surface area (Å²) in [6.07, 6.45) is -0.0364. The van der Waals surface area contributed by atoms with Gasteiger partial charge in [0.25, 0.3) is 5.69 Å². The van der Waals surface area contributed by atoms with Crippen molar-refractivity contribution in [1.82, 2.24) is 9.88 Å². The van der Waals surface area contributed by atoms with Gasteiger partial charge in [0, 0.05) is 31.6 Å². The Labute approximate surface area is 234 Å². The van der Waals surface area contributed by atoms with Gasteiger partial charge < -0.3 is 4.74 Å². The van der Waals surface area contributed by atoms with Crippen LogP contribution in [-0.2, 0) is 20.3 Å². The minimum absolute atomic E-state index is 0.110. The predicted molar refractivity (Wildman–Crippen MR) is 153 cm³/mol. The van der Waals surface area contributed by atoms with Crippen molar-refractivity contribution in [3.63, 3.8) is 0 Å². The normalized spacial score (nSPS) is 20.9. The number of benzene rings is 2. The van der Waals surface area contributed by atoms with Crippen LogP contribution in [0.3, 0.4) is 0 Å². The Balaban J connectivity index is 1.73. The number of carbonyl (C=O) groups is 1. The third-order valence-electron chi connectivity index (χ3n) is 6.67. The third kappa shape index (κ3) is 6.71. The van der Waals surface area contributed by atoms with Crippen LogP contribution >= 0.6 is 7.94 Å². The van der Waals surface area contributed by atoms with E-state index in [1.165, 1.54) is 18.2 Å². The Hall–Kier alpha value is -3.27. The monoisotopic (exact) mass is 568 g/mol. The third-order valence-corrected chi connectivity index (χ3v) is 9.07. The number of carbonyl (C=O) groups excluding carboxylic acids is 1. The van der Waals surface area contributed by atoms with Gasteiger partial charge in [0.1, 0.15) is 18.8 Å². The molecule has 2 aromatic carbocycles. The summed E-state index contributed by atoms with van der Waals surface area (Å²) >= 11 is 0. The fourth-order valence-corrected chi connectivity index (χ4v) is 7.39. The second kappa shape index (κ2) is 12.5. The summed E-state index contributed by atoms with van der Waals surface area (Å²) in [5.41, 5.74) is 2.50. The number of aromatic nitrogens is 1. The van der Waals surface area contributed by atoms with Gasteiger partial charge in [-0.2, -0.15) is 13.9 Å². The molecular formula is C29H35N3O7P+.